The standard InChI is InChI=1S/C13H13N3O3/c14-13(16-17)10-5-12(19-8-6-18-7-8)15-11-4-2-1-3-9(10)11/h1-5,8,17H,6-7H2,(H2,14,16). The fraction of sp³-hybridized carbons (Fsp3) is 0.231. The smallest absolute Gasteiger partial charge is 0.214 e. The predicted octanol–water partition coefficient (Wildman–Crippen LogP) is 1.11. The third-order valence-corrected chi connectivity index (χ3v) is 2.97. The molecule has 0 spiro atoms. The highest BCUT2D eigenvalue weighted by atomic mass is 16.6. The van der Waals surface area contributed by atoms with Crippen LogP contribution < -0.4 is 10.5 Å². The van der Waals surface area contributed by atoms with E-state index < -0.39 is 0 Å². The Morgan fingerprint density at radius 2 is 2.21 bits per heavy atom. The topological polar surface area (TPSA) is 90.0 Å². The average Bonchev–Trinajstić information content (AvgIpc) is 2.41. The first-order chi connectivity index (χ1) is 9.28. The van der Waals surface area contributed by atoms with Gasteiger partial charge in [0, 0.05) is 17.0 Å². The van der Waals surface area contributed by atoms with E-state index in [0.29, 0.717) is 24.7 Å². The van der Waals surface area contributed by atoms with Gasteiger partial charge in [0.2, 0.25) is 5.88 Å². The molecule has 0 bridgehead atoms. The summed E-state index contributed by atoms with van der Waals surface area (Å²) in [7, 11) is 0. The number of rotatable bonds is 3. The first kappa shape index (κ1) is 11.7. The molecule has 6 nitrogen and oxygen atoms in total. The van der Waals surface area contributed by atoms with Gasteiger partial charge in [-0.2, -0.15) is 0 Å². The molecule has 1 aliphatic heterocycles. The van der Waals surface area contributed by atoms with Crippen molar-refractivity contribution in [2.24, 2.45) is 10.9 Å². The van der Waals surface area contributed by atoms with Crippen molar-refractivity contribution in [3.63, 3.8) is 0 Å². The largest absolute Gasteiger partial charge is 0.469 e. The van der Waals surface area contributed by atoms with Crippen molar-refractivity contribution in [3.8, 4) is 5.88 Å². The Hall–Kier alpha value is -2.34. The Labute approximate surface area is 109 Å². The number of para-hydroxylation sites is 1. The third kappa shape index (κ3) is 2.17. The quantitative estimate of drug-likeness (QED) is 0.373. The third-order valence-electron chi connectivity index (χ3n) is 2.97. The van der Waals surface area contributed by atoms with Crippen molar-refractivity contribution < 1.29 is 14.7 Å². The predicted molar refractivity (Wildman–Crippen MR) is 69.5 cm³/mol. The van der Waals surface area contributed by atoms with Crippen molar-refractivity contribution in [2.45, 2.75) is 6.10 Å². The van der Waals surface area contributed by atoms with Crippen LogP contribution in [0.1, 0.15) is 5.56 Å². The zero-order chi connectivity index (χ0) is 13.2. The molecule has 0 aliphatic carbocycles. The Balaban J connectivity index is 2.08. The summed E-state index contributed by atoms with van der Waals surface area (Å²) in [5.41, 5.74) is 7.04. The summed E-state index contributed by atoms with van der Waals surface area (Å²) in [5, 5.41) is 12.7. The second-order valence-corrected chi connectivity index (χ2v) is 4.29. The molecule has 0 amide bonds. The van der Waals surface area contributed by atoms with Crippen LogP contribution in [0.15, 0.2) is 35.5 Å². The van der Waals surface area contributed by atoms with E-state index in [9.17, 15) is 0 Å². The zero-order valence-electron chi connectivity index (χ0n) is 10.1. The van der Waals surface area contributed by atoms with E-state index in [2.05, 4.69) is 10.1 Å². The lowest BCUT2D eigenvalue weighted by atomic mass is 10.1. The van der Waals surface area contributed by atoms with Gasteiger partial charge in [0.15, 0.2) is 5.84 Å². The number of hydrogen-bond acceptors (Lipinski definition) is 5. The maximum atomic E-state index is 8.86. The summed E-state index contributed by atoms with van der Waals surface area (Å²) in [5.74, 6) is 0.488. The molecule has 2 heterocycles. The number of fused-ring (bicyclic) bond motifs is 1. The lowest BCUT2D eigenvalue weighted by molar-refractivity contribution is -0.0812. The second-order valence-electron chi connectivity index (χ2n) is 4.29. The van der Waals surface area contributed by atoms with Gasteiger partial charge in [-0.3, -0.25) is 0 Å². The number of pyridine rings is 1. The molecule has 1 fully saturated rings. The number of hydrogen-bond donors (Lipinski definition) is 2. The number of oxime groups is 1. The summed E-state index contributed by atoms with van der Waals surface area (Å²) in [6, 6.07) is 9.15. The van der Waals surface area contributed by atoms with Crippen molar-refractivity contribution in [1.29, 1.82) is 0 Å². The van der Waals surface area contributed by atoms with Crippen molar-refractivity contribution >= 4 is 16.7 Å². The number of amidine groups is 1. The Morgan fingerprint density at radius 1 is 1.42 bits per heavy atom. The summed E-state index contributed by atoms with van der Waals surface area (Å²) in [6.07, 6.45) is 0.0220. The van der Waals surface area contributed by atoms with E-state index in [1.807, 2.05) is 24.3 Å². The van der Waals surface area contributed by atoms with Gasteiger partial charge in [-0.25, -0.2) is 4.98 Å². The molecule has 2 aromatic rings. The van der Waals surface area contributed by atoms with Crippen LogP contribution in [-0.2, 0) is 4.74 Å². The van der Waals surface area contributed by atoms with Gasteiger partial charge in [-0.05, 0) is 6.07 Å². The summed E-state index contributed by atoms with van der Waals surface area (Å²) in [6.45, 7) is 1.13. The normalized spacial score (nSPS) is 16.3. The minimum atomic E-state index is 0.0220. The molecule has 1 saturated heterocycles. The van der Waals surface area contributed by atoms with Gasteiger partial charge in [-0.15, -0.1) is 0 Å². The summed E-state index contributed by atoms with van der Waals surface area (Å²) in [4.78, 5) is 4.40. The van der Waals surface area contributed by atoms with Gasteiger partial charge in [-0.1, -0.05) is 23.4 Å². The zero-order valence-corrected chi connectivity index (χ0v) is 10.1. The maximum absolute atomic E-state index is 8.86. The van der Waals surface area contributed by atoms with Gasteiger partial charge in [0.05, 0.1) is 18.7 Å². The van der Waals surface area contributed by atoms with Crippen LogP contribution in [0, 0.1) is 0 Å². The number of ether oxygens (including phenoxy) is 2. The molecule has 3 N–H and O–H groups in total. The molecular formula is C13H13N3O3. The summed E-state index contributed by atoms with van der Waals surface area (Å²) < 4.78 is 10.7. The van der Waals surface area contributed by atoms with E-state index >= 15 is 0 Å². The van der Waals surface area contributed by atoms with E-state index in [1.54, 1.807) is 6.07 Å². The molecule has 6 heteroatoms. The first-order valence-electron chi connectivity index (χ1n) is 5.90. The van der Waals surface area contributed by atoms with Crippen LogP contribution in [0.3, 0.4) is 0 Å². The van der Waals surface area contributed by atoms with Crippen LogP contribution in [-0.4, -0.2) is 35.3 Å². The van der Waals surface area contributed by atoms with Crippen molar-refractivity contribution in [2.75, 3.05) is 13.2 Å². The highest BCUT2D eigenvalue weighted by molar-refractivity contribution is 6.08. The van der Waals surface area contributed by atoms with Gasteiger partial charge >= 0.3 is 0 Å². The molecule has 0 saturated carbocycles. The number of nitrogens with two attached hydrogens (primary N) is 1. The van der Waals surface area contributed by atoms with E-state index in [4.69, 9.17) is 20.4 Å². The van der Waals surface area contributed by atoms with E-state index in [-0.39, 0.29) is 11.9 Å². The first-order valence-corrected chi connectivity index (χ1v) is 5.90. The van der Waals surface area contributed by atoms with Crippen LogP contribution in [0.5, 0.6) is 5.88 Å². The fourth-order valence-corrected chi connectivity index (χ4v) is 1.93. The molecule has 1 aromatic carbocycles. The molecular weight excluding hydrogens is 246 g/mol. The van der Waals surface area contributed by atoms with Gasteiger partial charge in [0.25, 0.3) is 0 Å². The number of benzene rings is 1. The fourth-order valence-electron chi connectivity index (χ4n) is 1.93. The van der Waals surface area contributed by atoms with Gasteiger partial charge < -0.3 is 20.4 Å². The molecule has 19 heavy (non-hydrogen) atoms. The lowest BCUT2D eigenvalue weighted by Crippen LogP contribution is -2.38. The lowest BCUT2D eigenvalue weighted by Gasteiger charge is -2.26. The highest BCUT2D eigenvalue weighted by Crippen LogP contribution is 2.23. The molecule has 0 radical (unpaired) electrons. The Bertz CT molecular complexity index is 638. The summed E-state index contributed by atoms with van der Waals surface area (Å²) >= 11 is 0. The van der Waals surface area contributed by atoms with E-state index in [0.717, 1.165) is 10.9 Å². The van der Waals surface area contributed by atoms with Crippen LogP contribution in [0.2, 0.25) is 0 Å². The number of nitrogens with zero attached hydrogens (tertiary/aromatic N) is 2. The second kappa shape index (κ2) is 4.74. The minimum absolute atomic E-state index is 0.0220. The molecule has 1 aliphatic rings. The molecule has 0 unspecified atom stereocenters. The maximum Gasteiger partial charge on any atom is 0.214 e. The number of aromatic nitrogens is 1. The van der Waals surface area contributed by atoms with Crippen molar-refractivity contribution in [1.82, 2.24) is 4.98 Å². The molecule has 98 valence electrons. The minimum Gasteiger partial charge on any atom is -0.469 e. The monoisotopic (exact) mass is 259 g/mol. The van der Waals surface area contributed by atoms with Crippen molar-refractivity contribution in [3.05, 3.63) is 35.9 Å². The Morgan fingerprint density at radius 3 is 2.89 bits per heavy atom. The Kier molecular flexibility index (Phi) is 2.92. The SMILES string of the molecule is N/C(=N/O)c1cc(OC2COC2)nc2ccccc12. The van der Waals surface area contributed by atoms with Crippen LogP contribution in [0.4, 0.5) is 0 Å². The highest BCUT2D eigenvalue weighted by Gasteiger charge is 2.21. The van der Waals surface area contributed by atoms with Crippen LogP contribution >= 0.6 is 0 Å². The van der Waals surface area contributed by atoms with E-state index in [1.165, 1.54) is 0 Å². The average molecular weight is 259 g/mol. The van der Waals surface area contributed by atoms with Crippen LogP contribution in [0.25, 0.3) is 10.9 Å². The molecule has 1 aromatic heterocycles. The van der Waals surface area contributed by atoms with Gasteiger partial charge in [0.1, 0.15) is 6.10 Å². The molecule has 0 atom stereocenters. The molecule has 3 rings (SSSR count).